The molecule has 1 aliphatic heterocycles. The summed E-state index contributed by atoms with van der Waals surface area (Å²) < 4.78 is 0. The van der Waals surface area contributed by atoms with Crippen LogP contribution in [0.3, 0.4) is 0 Å². The Balaban J connectivity index is 2.13. The number of aliphatic imine (C=N–C) groups is 2. The molecule has 0 aromatic heterocycles. The third-order valence-corrected chi connectivity index (χ3v) is 5.01. The van der Waals surface area contributed by atoms with Crippen LogP contribution in [-0.4, -0.2) is 34.6 Å². The monoisotopic (exact) mass is 325 g/mol. The first-order valence-corrected chi connectivity index (χ1v) is 9.45. The highest BCUT2D eigenvalue weighted by Gasteiger charge is 2.35. The van der Waals surface area contributed by atoms with Gasteiger partial charge in [-0.25, -0.2) is 10.4 Å². The van der Waals surface area contributed by atoms with Crippen molar-refractivity contribution >= 4 is 22.9 Å². The van der Waals surface area contributed by atoms with E-state index in [1.807, 2.05) is 11.3 Å². The molecule has 6 heteroatoms. The molecule has 1 saturated carbocycles. The lowest BCUT2D eigenvalue weighted by Crippen LogP contribution is -2.60. The maximum Gasteiger partial charge on any atom is 0.215 e. The third kappa shape index (κ3) is 4.16. The molecule has 1 heterocycles. The van der Waals surface area contributed by atoms with Crippen LogP contribution in [0, 0.1) is 17.3 Å². The van der Waals surface area contributed by atoms with E-state index in [9.17, 15) is 0 Å². The van der Waals surface area contributed by atoms with E-state index in [1.54, 1.807) is 11.8 Å². The van der Waals surface area contributed by atoms with Gasteiger partial charge in [-0.1, -0.05) is 46.4 Å². The summed E-state index contributed by atoms with van der Waals surface area (Å²) in [6.07, 6.45) is 5.63. The fraction of sp³-hybridized carbons (Fsp3) is 0.875. The van der Waals surface area contributed by atoms with Crippen molar-refractivity contribution in [1.82, 2.24) is 10.4 Å². The average Bonchev–Trinajstić information content (AvgIpc) is 2.38. The molecule has 3 N–H and O–H groups in total. The second kappa shape index (κ2) is 6.79. The smallest absolute Gasteiger partial charge is 0.215 e. The number of nitrogens with two attached hydrogens (primary N) is 1. The Kier molecular flexibility index (Phi) is 5.43. The summed E-state index contributed by atoms with van der Waals surface area (Å²) in [5, 5.41) is 2.76. The molecule has 3 unspecified atom stereocenters. The van der Waals surface area contributed by atoms with Crippen molar-refractivity contribution in [2.45, 2.75) is 66.1 Å². The van der Waals surface area contributed by atoms with Gasteiger partial charge in [-0.05, 0) is 42.8 Å². The normalized spacial score (nSPS) is 32.0. The lowest BCUT2D eigenvalue weighted by molar-refractivity contribution is 0.0850. The molecule has 1 aliphatic carbocycles. The fourth-order valence-electron chi connectivity index (χ4n) is 3.82. The second-order valence-electron chi connectivity index (χ2n) is 7.85. The minimum Gasteiger partial charge on any atom is -0.368 e. The Morgan fingerprint density at radius 2 is 2.05 bits per heavy atom. The van der Waals surface area contributed by atoms with Crippen LogP contribution in [0.5, 0.6) is 0 Å². The van der Waals surface area contributed by atoms with E-state index < -0.39 is 0 Å². The second-order valence-corrected chi connectivity index (χ2v) is 8.63. The van der Waals surface area contributed by atoms with E-state index in [0.29, 0.717) is 23.3 Å². The lowest BCUT2D eigenvalue weighted by atomic mass is 9.71. The Morgan fingerprint density at radius 3 is 2.59 bits per heavy atom. The largest absolute Gasteiger partial charge is 0.368 e. The Hall–Kier alpha value is -0.750. The van der Waals surface area contributed by atoms with E-state index in [4.69, 9.17) is 10.7 Å². The van der Waals surface area contributed by atoms with Crippen LogP contribution < -0.4 is 11.2 Å². The number of nitrogens with zero attached hydrogens (tertiary/aromatic N) is 3. The SMILES string of the molecule is CSC1=NC(C(C)C)N(NC2CC(C)CC(C)(C)C2)C(N)=N1. The van der Waals surface area contributed by atoms with Crippen LogP contribution in [0.4, 0.5) is 0 Å². The molecule has 0 aromatic rings. The van der Waals surface area contributed by atoms with E-state index in [2.05, 4.69) is 45.0 Å². The minimum atomic E-state index is 0.0142. The molecule has 0 bridgehead atoms. The molecule has 0 saturated heterocycles. The first kappa shape index (κ1) is 17.6. The molecular formula is C16H31N5S. The predicted molar refractivity (Wildman–Crippen MR) is 96.8 cm³/mol. The summed E-state index contributed by atoms with van der Waals surface area (Å²) in [6, 6.07) is 0.430. The molecule has 0 spiro atoms. The standard InChI is InChI=1S/C16H31N5S/c1-10(2)13-18-15(22-6)19-14(17)21(13)20-12-7-11(3)8-16(4,5)9-12/h10-13,20H,7-9H2,1-6H3,(H2,17,18,19). The first-order chi connectivity index (χ1) is 10.2. The first-order valence-electron chi connectivity index (χ1n) is 8.23. The summed E-state index contributed by atoms with van der Waals surface area (Å²) in [5.41, 5.74) is 10.2. The van der Waals surface area contributed by atoms with Gasteiger partial charge in [0.1, 0.15) is 6.17 Å². The lowest BCUT2D eigenvalue weighted by Gasteiger charge is -2.43. The number of thioether (sulfide) groups is 1. The molecule has 1 fully saturated rings. The Morgan fingerprint density at radius 1 is 1.36 bits per heavy atom. The van der Waals surface area contributed by atoms with Gasteiger partial charge in [-0.2, -0.15) is 4.99 Å². The van der Waals surface area contributed by atoms with Crippen molar-refractivity contribution in [3.63, 3.8) is 0 Å². The molecule has 0 radical (unpaired) electrons. The van der Waals surface area contributed by atoms with Gasteiger partial charge >= 0.3 is 0 Å². The van der Waals surface area contributed by atoms with Gasteiger partial charge in [0.05, 0.1) is 0 Å². The topological polar surface area (TPSA) is 66.0 Å². The number of hydrazine groups is 1. The van der Waals surface area contributed by atoms with Crippen LogP contribution in [-0.2, 0) is 0 Å². The van der Waals surface area contributed by atoms with Crippen molar-refractivity contribution in [2.24, 2.45) is 33.0 Å². The molecule has 0 amide bonds. The van der Waals surface area contributed by atoms with Crippen molar-refractivity contribution in [3.8, 4) is 0 Å². The molecule has 2 aliphatic rings. The van der Waals surface area contributed by atoms with Crippen LogP contribution in [0.25, 0.3) is 0 Å². The maximum absolute atomic E-state index is 6.21. The Labute approximate surface area is 139 Å². The molecule has 22 heavy (non-hydrogen) atoms. The van der Waals surface area contributed by atoms with E-state index >= 15 is 0 Å². The fourth-order valence-corrected chi connectivity index (χ4v) is 4.21. The number of hydrogen-bond acceptors (Lipinski definition) is 6. The van der Waals surface area contributed by atoms with Gasteiger partial charge in [0.25, 0.3) is 0 Å². The highest BCUT2D eigenvalue weighted by atomic mass is 32.2. The Bertz CT molecular complexity index is 457. The highest BCUT2D eigenvalue weighted by Crippen LogP contribution is 2.38. The molecule has 0 aromatic carbocycles. The number of nitrogens with one attached hydrogen (secondary N) is 1. The predicted octanol–water partition coefficient (Wildman–Crippen LogP) is 3.04. The number of guanidine groups is 1. The third-order valence-electron chi connectivity index (χ3n) is 4.45. The van der Waals surface area contributed by atoms with E-state index in [1.165, 1.54) is 12.8 Å². The summed E-state index contributed by atoms with van der Waals surface area (Å²) in [4.78, 5) is 9.13. The average molecular weight is 326 g/mol. The van der Waals surface area contributed by atoms with Crippen LogP contribution in [0.2, 0.25) is 0 Å². The quantitative estimate of drug-likeness (QED) is 0.837. The molecule has 5 nitrogen and oxygen atoms in total. The van der Waals surface area contributed by atoms with Gasteiger partial charge in [-0.15, -0.1) is 0 Å². The zero-order valence-corrected chi connectivity index (χ0v) is 15.6. The zero-order chi connectivity index (χ0) is 16.5. The van der Waals surface area contributed by atoms with E-state index in [0.717, 1.165) is 17.5 Å². The minimum absolute atomic E-state index is 0.0142. The van der Waals surface area contributed by atoms with Crippen molar-refractivity contribution in [2.75, 3.05) is 6.26 Å². The van der Waals surface area contributed by atoms with Gasteiger partial charge in [0.15, 0.2) is 5.17 Å². The van der Waals surface area contributed by atoms with Crippen LogP contribution >= 0.6 is 11.8 Å². The highest BCUT2D eigenvalue weighted by molar-refractivity contribution is 8.13. The van der Waals surface area contributed by atoms with Crippen LogP contribution in [0.15, 0.2) is 9.98 Å². The van der Waals surface area contributed by atoms with Gasteiger partial charge in [0, 0.05) is 6.04 Å². The summed E-state index contributed by atoms with van der Waals surface area (Å²) in [6.45, 7) is 11.4. The summed E-state index contributed by atoms with van der Waals surface area (Å²) in [7, 11) is 0. The van der Waals surface area contributed by atoms with Crippen molar-refractivity contribution in [1.29, 1.82) is 0 Å². The van der Waals surface area contributed by atoms with Gasteiger partial charge in [0.2, 0.25) is 5.96 Å². The number of rotatable bonds is 3. The number of amidine groups is 1. The van der Waals surface area contributed by atoms with Gasteiger partial charge in [-0.3, -0.25) is 5.01 Å². The van der Waals surface area contributed by atoms with Crippen molar-refractivity contribution in [3.05, 3.63) is 0 Å². The molecule has 126 valence electrons. The molecule has 2 rings (SSSR count). The van der Waals surface area contributed by atoms with Crippen molar-refractivity contribution < 1.29 is 0 Å². The summed E-state index contributed by atoms with van der Waals surface area (Å²) >= 11 is 1.55. The van der Waals surface area contributed by atoms with Crippen LogP contribution in [0.1, 0.15) is 53.9 Å². The molecular weight excluding hydrogens is 294 g/mol. The van der Waals surface area contributed by atoms with E-state index in [-0.39, 0.29) is 6.17 Å². The molecule has 3 atom stereocenters. The zero-order valence-electron chi connectivity index (χ0n) is 14.8. The van der Waals surface area contributed by atoms with Gasteiger partial charge < -0.3 is 5.73 Å². The maximum atomic E-state index is 6.21. The number of hydrogen-bond donors (Lipinski definition) is 2. The summed E-state index contributed by atoms with van der Waals surface area (Å²) in [5.74, 6) is 1.64.